The first-order chi connectivity index (χ1) is 9.71. The molecule has 0 aliphatic heterocycles. The van der Waals surface area contributed by atoms with Crippen molar-refractivity contribution >= 4 is 8.32 Å². The minimum Gasteiger partial charge on any atom is -0.417 e. The number of fused-ring (bicyclic) bond motifs is 1. The standard InChI is InChI=1S/C19H34OSi/c1-15-10-11-16-8-7-9-17(18(16)14-15)12-13-20-21(5,6)19(2,3)4/h7,9,14,16-18H,8,10-13H2,1-6H3/t16-,17+,18-/m1/s1. The van der Waals surface area contributed by atoms with Gasteiger partial charge in [0, 0.05) is 6.61 Å². The predicted octanol–water partition coefficient (Wildman–Crippen LogP) is 5.95. The number of rotatable bonds is 4. The molecular formula is C19H34OSi. The van der Waals surface area contributed by atoms with Crippen LogP contribution in [0.25, 0.3) is 0 Å². The lowest BCUT2D eigenvalue weighted by atomic mass is 9.69. The summed E-state index contributed by atoms with van der Waals surface area (Å²) in [4.78, 5) is 0. The second-order valence-corrected chi connectivity index (χ2v) is 13.4. The smallest absolute Gasteiger partial charge is 0.191 e. The lowest BCUT2D eigenvalue weighted by molar-refractivity contribution is 0.212. The average molecular weight is 307 g/mol. The SMILES string of the molecule is CC1=C[C@@H]2[C@H](CC=C[C@H]2CCO[Si](C)(C)C(C)(C)C)CC1. The molecule has 0 aromatic carbocycles. The summed E-state index contributed by atoms with van der Waals surface area (Å²) < 4.78 is 6.39. The van der Waals surface area contributed by atoms with Crippen LogP contribution in [0.15, 0.2) is 23.8 Å². The summed E-state index contributed by atoms with van der Waals surface area (Å²) >= 11 is 0. The van der Waals surface area contributed by atoms with E-state index in [0.29, 0.717) is 11.0 Å². The van der Waals surface area contributed by atoms with Crippen LogP contribution in [-0.4, -0.2) is 14.9 Å². The molecule has 3 atom stereocenters. The molecule has 1 nitrogen and oxygen atoms in total. The van der Waals surface area contributed by atoms with Gasteiger partial charge in [0.1, 0.15) is 0 Å². The summed E-state index contributed by atoms with van der Waals surface area (Å²) in [5.41, 5.74) is 1.60. The van der Waals surface area contributed by atoms with Crippen molar-refractivity contribution < 1.29 is 4.43 Å². The zero-order chi connectivity index (χ0) is 15.7. The van der Waals surface area contributed by atoms with Crippen LogP contribution in [0.5, 0.6) is 0 Å². The Balaban J connectivity index is 1.92. The summed E-state index contributed by atoms with van der Waals surface area (Å²) in [5, 5.41) is 0.319. The van der Waals surface area contributed by atoms with Crippen molar-refractivity contribution in [2.75, 3.05) is 6.61 Å². The van der Waals surface area contributed by atoms with Gasteiger partial charge in [-0.05, 0) is 68.5 Å². The molecule has 0 N–H and O–H groups in total. The van der Waals surface area contributed by atoms with Gasteiger partial charge in [-0.25, -0.2) is 0 Å². The van der Waals surface area contributed by atoms with Crippen molar-refractivity contribution in [2.24, 2.45) is 17.8 Å². The van der Waals surface area contributed by atoms with E-state index in [1.165, 1.54) is 25.7 Å². The van der Waals surface area contributed by atoms with Crippen molar-refractivity contribution in [1.82, 2.24) is 0 Å². The highest BCUT2D eigenvalue weighted by atomic mass is 28.4. The molecule has 0 aromatic heterocycles. The van der Waals surface area contributed by atoms with Gasteiger partial charge in [0.05, 0.1) is 0 Å². The van der Waals surface area contributed by atoms with Crippen molar-refractivity contribution in [3.63, 3.8) is 0 Å². The Morgan fingerprint density at radius 1 is 1.29 bits per heavy atom. The van der Waals surface area contributed by atoms with Gasteiger partial charge in [0.25, 0.3) is 0 Å². The van der Waals surface area contributed by atoms with Gasteiger partial charge in [0.15, 0.2) is 8.32 Å². The third-order valence-corrected chi connectivity index (χ3v) is 10.5. The molecule has 120 valence electrons. The van der Waals surface area contributed by atoms with E-state index in [9.17, 15) is 0 Å². The van der Waals surface area contributed by atoms with Gasteiger partial charge in [-0.15, -0.1) is 0 Å². The van der Waals surface area contributed by atoms with E-state index in [1.807, 2.05) is 0 Å². The molecule has 0 aromatic rings. The topological polar surface area (TPSA) is 9.23 Å². The van der Waals surface area contributed by atoms with Crippen LogP contribution < -0.4 is 0 Å². The lowest BCUT2D eigenvalue weighted by Crippen LogP contribution is -2.41. The minimum atomic E-state index is -1.59. The summed E-state index contributed by atoms with van der Waals surface area (Å²) in [7, 11) is -1.59. The van der Waals surface area contributed by atoms with Crippen molar-refractivity contribution in [2.45, 2.75) is 71.5 Å². The molecule has 0 heterocycles. The first kappa shape index (κ1) is 17.0. The van der Waals surface area contributed by atoms with E-state index >= 15 is 0 Å². The molecule has 0 saturated carbocycles. The monoisotopic (exact) mass is 306 g/mol. The van der Waals surface area contributed by atoms with Gasteiger partial charge < -0.3 is 4.43 Å². The van der Waals surface area contributed by atoms with Crippen LogP contribution in [0, 0.1) is 17.8 Å². The fraction of sp³-hybridized carbons (Fsp3) is 0.789. The molecule has 0 fully saturated rings. The molecule has 2 aliphatic rings. The van der Waals surface area contributed by atoms with Crippen LogP contribution >= 0.6 is 0 Å². The molecule has 2 rings (SSSR count). The highest BCUT2D eigenvalue weighted by Gasteiger charge is 2.37. The van der Waals surface area contributed by atoms with Gasteiger partial charge >= 0.3 is 0 Å². The maximum absolute atomic E-state index is 6.39. The van der Waals surface area contributed by atoms with Crippen molar-refractivity contribution in [3.8, 4) is 0 Å². The molecule has 0 bridgehead atoms. The van der Waals surface area contributed by atoms with E-state index in [0.717, 1.165) is 18.4 Å². The second-order valence-electron chi connectivity index (χ2n) is 8.61. The maximum Gasteiger partial charge on any atom is 0.191 e. The van der Waals surface area contributed by atoms with Gasteiger partial charge in [-0.3, -0.25) is 0 Å². The van der Waals surface area contributed by atoms with Gasteiger partial charge in [-0.2, -0.15) is 0 Å². The molecule has 0 saturated heterocycles. The van der Waals surface area contributed by atoms with E-state index in [2.05, 4.69) is 59.0 Å². The Kier molecular flexibility index (Phi) is 5.20. The molecule has 2 aliphatic carbocycles. The van der Waals surface area contributed by atoms with Gasteiger partial charge in [0.2, 0.25) is 0 Å². The minimum absolute atomic E-state index is 0.319. The third kappa shape index (κ3) is 4.10. The summed E-state index contributed by atoms with van der Waals surface area (Å²) in [6.07, 6.45) is 12.6. The maximum atomic E-state index is 6.39. The Morgan fingerprint density at radius 2 is 2.00 bits per heavy atom. The fourth-order valence-corrected chi connectivity index (χ4v) is 4.47. The number of hydrogen-bond donors (Lipinski definition) is 0. The summed E-state index contributed by atoms with van der Waals surface area (Å²) in [5.74, 6) is 2.35. The molecular weight excluding hydrogens is 272 g/mol. The summed E-state index contributed by atoms with van der Waals surface area (Å²) in [6.45, 7) is 14.9. The Labute approximate surface area is 133 Å². The van der Waals surface area contributed by atoms with E-state index in [-0.39, 0.29) is 0 Å². The Hall–Kier alpha value is -0.343. The summed E-state index contributed by atoms with van der Waals surface area (Å²) in [6, 6.07) is 0. The van der Waals surface area contributed by atoms with Crippen LogP contribution in [0.3, 0.4) is 0 Å². The highest BCUT2D eigenvalue weighted by molar-refractivity contribution is 6.74. The first-order valence-electron chi connectivity index (χ1n) is 8.68. The average Bonchev–Trinajstić information content (AvgIpc) is 2.37. The quantitative estimate of drug-likeness (QED) is 0.461. The fourth-order valence-electron chi connectivity index (χ4n) is 3.41. The lowest BCUT2D eigenvalue weighted by Gasteiger charge is -2.39. The zero-order valence-corrected chi connectivity index (χ0v) is 15.9. The van der Waals surface area contributed by atoms with Crippen LogP contribution in [0.2, 0.25) is 18.1 Å². The molecule has 21 heavy (non-hydrogen) atoms. The van der Waals surface area contributed by atoms with Crippen LogP contribution in [0.4, 0.5) is 0 Å². The zero-order valence-electron chi connectivity index (χ0n) is 14.9. The molecule has 0 spiro atoms. The predicted molar refractivity (Wildman–Crippen MR) is 95.0 cm³/mol. The van der Waals surface area contributed by atoms with Crippen molar-refractivity contribution in [1.29, 1.82) is 0 Å². The Morgan fingerprint density at radius 3 is 2.67 bits per heavy atom. The normalized spacial score (nSPS) is 30.0. The first-order valence-corrected chi connectivity index (χ1v) is 11.6. The van der Waals surface area contributed by atoms with Crippen LogP contribution in [0.1, 0.15) is 53.4 Å². The number of hydrogen-bond acceptors (Lipinski definition) is 1. The van der Waals surface area contributed by atoms with Crippen LogP contribution in [-0.2, 0) is 4.43 Å². The molecule has 0 radical (unpaired) electrons. The largest absolute Gasteiger partial charge is 0.417 e. The molecule has 2 heteroatoms. The van der Waals surface area contributed by atoms with E-state index in [1.54, 1.807) is 5.57 Å². The Bertz CT molecular complexity index is 414. The molecule has 0 unspecified atom stereocenters. The van der Waals surface area contributed by atoms with E-state index in [4.69, 9.17) is 4.43 Å². The highest BCUT2D eigenvalue weighted by Crippen LogP contribution is 2.41. The number of allylic oxidation sites excluding steroid dienone is 4. The van der Waals surface area contributed by atoms with Crippen molar-refractivity contribution in [3.05, 3.63) is 23.8 Å². The van der Waals surface area contributed by atoms with Gasteiger partial charge in [-0.1, -0.05) is 44.6 Å². The van der Waals surface area contributed by atoms with E-state index < -0.39 is 8.32 Å². The third-order valence-electron chi connectivity index (χ3n) is 5.97. The second kappa shape index (κ2) is 6.42. The molecule has 0 amide bonds.